The highest BCUT2D eigenvalue weighted by atomic mass is 35.5. The van der Waals surface area contributed by atoms with Gasteiger partial charge >= 0.3 is 0 Å². The number of aromatic nitrogens is 3. The molecule has 0 saturated heterocycles. The average molecular weight is 441 g/mol. The SMILES string of the molecule is CC(NC(=O)C(N)CCc1ccccc1)C(=O)NCc1cc(Cl)ccc1-n1cncn1. The molecule has 0 fully saturated rings. The van der Waals surface area contributed by atoms with Crippen LogP contribution in [0.1, 0.15) is 24.5 Å². The van der Waals surface area contributed by atoms with E-state index in [9.17, 15) is 9.59 Å². The summed E-state index contributed by atoms with van der Waals surface area (Å²) in [5.41, 5.74) is 8.63. The van der Waals surface area contributed by atoms with Crippen LogP contribution in [0.15, 0.2) is 61.2 Å². The van der Waals surface area contributed by atoms with Gasteiger partial charge in [0.1, 0.15) is 18.7 Å². The minimum Gasteiger partial charge on any atom is -0.350 e. The van der Waals surface area contributed by atoms with E-state index in [0.29, 0.717) is 17.9 Å². The Morgan fingerprint density at radius 1 is 1.16 bits per heavy atom. The number of rotatable bonds is 9. The van der Waals surface area contributed by atoms with Gasteiger partial charge in [-0.15, -0.1) is 0 Å². The van der Waals surface area contributed by atoms with Crippen molar-refractivity contribution in [2.75, 3.05) is 0 Å². The minimum atomic E-state index is -0.732. The average Bonchev–Trinajstić information content (AvgIpc) is 3.31. The normalized spacial score (nSPS) is 12.7. The van der Waals surface area contributed by atoms with E-state index < -0.39 is 12.1 Å². The van der Waals surface area contributed by atoms with Crippen molar-refractivity contribution in [2.24, 2.45) is 5.73 Å². The summed E-state index contributed by atoms with van der Waals surface area (Å²) in [7, 11) is 0. The Bertz CT molecular complexity index is 1010. The number of hydrogen-bond acceptors (Lipinski definition) is 5. The molecule has 3 rings (SSSR count). The number of hydrogen-bond donors (Lipinski definition) is 3. The fourth-order valence-corrected chi connectivity index (χ4v) is 3.27. The second kappa shape index (κ2) is 10.7. The van der Waals surface area contributed by atoms with Gasteiger partial charge in [0.05, 0.1) is 11.7 Å². The van der Waals surface area contributed by atoms with E-state index in [2.05, 4.69) is 20.7 Å². The summed E-state index contributed by atoms with van der Waals surface area (Å²) in [6.45, 7) is 1.84. The van der Waals surface area contributed by atoms with Crippen LogP contribution in [0.25, 0.3) is 5.69 Å². The largest absolute Gasteiger partial charge is 0.350 e. The van der Waals surface area contributed by atoms with Gasteiger partial charge < -0.3 is 16.4 Å². The number of carbonyl (C=O) groups is 2. The Morgan fingerprint density at radius 3 is 2.65 bits per heavy atom. The van der Waals surface area contributed by atoms with E-state index in [1.807, 2.05) is 30.3 Å². The van der Waals surface area contributed by atoms with Gasteiger partial charge in [-0.05, 0) is 49.1 Å². The first-order valence-electron chi connectivity index (χ1n) is 9.95. The summed E-state index contributed by atoms with van der Waals surface area (Å²) < 4.78 is 1.59. The molecule has 0 aliphatic rings. The third-order valence-corrected chi connectivity index (χ3v) is 5.07. The lowest BCUT2D eigenvalue weighted by atomic mass is 10.1. The molecule has 2 amide bonds. The predicted octanol–water partition coefficient (Wildman–Crippen LogP) is 2.00. The molecule has 3 aromatic rings. The lowest BCUT2D eigenvalue weighted by Gasteiger charge is -2.18. The molecule has 0 aliphatic heterocycles. The van der Waals surface area contributed by atoms with Crippen molar-refractivity contribution in [3.8, 4) is 5.69 Å². The highest BCUT2D eigenvalue weighted by molar-refractivity contribution is 6.30. The monoisotopic (exact) mass is 440 g/mol. The van der Waals surface area contributed by atoms with Crippen LogP contribution in [0.5, 0.6) is 0 Å². The second-order valence-electron chi connectivity index (χ2n) is 7.19. The molecule has 4 N–H and O–H groups in total. The number of nitrogens with one attached hydrogen (secondary N) is 2. The molecular weight excluding hydrogens is 416 g/mol. The lowest BCUT2D eigenvalue weighted by Crippen LogP contribution is -2.50. The van der Waals surface area contributed by atoms with E-state index in [0.717, 1.165) is 16.8 Å². The van der Waals surface area contributed by atoms with Gasteiger partial charge in [-0.3, -0.25) is 9.59 Å². The van der Waals surface area contributed by atoms with Crippen molar-refractivity contribution in [3.63, 3.8) is 0 Å². The number of nitrogens with two attached hydrogens (primary N) is 1. The second-order valence-corrected chi connectivity index (χ2v) is 7.63. The Balaban J connectivity index is 1.51. The van der Waals surface area contributed by atoms with Crippen LogP contribution < -0.4 is 16.4 Å². The van der Waals surface area contributed by atoms with Gasteiger partial charge in [-0.25, -0.2) is 9.67 Å². The first kappa shape index (κ1) is 22.5. The van der Waals surface area contributed by atoms with Gasteiger partial charge in [0.15, 0.2) is 0 Å². The number of aryl methyl sites for hydroxylation is 1. The summed E-state index contributed by atoms with van der Waals surface area (Å²) in [6, 6.07) is 13.7. The molecule has 31 heavy (non-hydrogen) atoms. The van der Waals surface area contributed by atoms with Crippen LogP contribution in [-0.2, 0) is 22.6 Å². The highest BCUT2D eigenvalue weighted by Crippen LogP contribution is 2.19. The highest BCUT2D eigenvalue weighted by Gasteiger charge is 2.20. The van der Waals surface area contributed by atoms with Crippen LogP contribution in [0.2, 0.25) is 5.02 Å². The van der Waals surface area contributed by atoms with Crippen molar-refractivity contribution in [3.05, 3.63) is 77.3 Å². The predicted molar refractivity (Wildman–Crippen MR) is 119 cm³/mol. The van der Waals surface area contributed by atoms with Gasteiger partial charge in [-0.2, -0.15) is 5.10 Å². The number of benzene rings is 2. The molecule has 1 aromatic heterocycles. The lowest BCUT2D eigenvalue weighted by molar-refractivity contribution is -0.129. The van der Waals surface area contributed by atoms with Crippen LogP contribution in [0.4, 0.5) is 0 Å². The Hall–Kier alpha value is -3.23. The molecule has 2 unspecified atom stereocenters. The molecule has 9 heteroatoms. The zero-order valence-corrected chi connectivity index (χ0v) is 17.9. The van der Waals surface area contributed by atoms with E-state index in [4.69, 9.17) is 17.3 Å². The molecule has 0 aliphatic carbocycles. The molecule has 0 saturated carbocycles. The quantitative estimate of drug-likeness (QED) is 0.470. The third kappa shape index (κ3) is 6.37. The van der Waals surface area contributed by atoms with Crippen molar-refractivity contribution in [2.45, 2.75) is 38.4 Å². The van der Waals surface area contributed by atoms with Crippen LogP contribution in [-0.4, -0.2) is 38.7 Å². The molecule has 0 bridgehead atoms. The van der Waals surface area contributed by atoms with Crippen LogP contribution in [0.3, 0.4) is 0 Å². The Labute approximate surface area is 185 Å². The maximum absolute atomic E-state index is 12.5. The third-order valence-electron chi connectivity index (χ3n) is 4.84. The minimum absolute atomic E-state index is 0.217. The first-order chi connectivity index (χ1) is 14.9. The number of amides is 2. The molecule has 2 atom stereocenters. The molecule has 0 spiro atoms. The Kier molecular flexibility index (Phi) is 7.75. The van der Waals surface area contributed by atoms with Crippen molar-refractivity contribution in [1.82, 2.24) is 25.4 Å². The topological polar surface area (TPSA) is 115 Å². The van der Waals surface area contributed by atoms with E-state index in [1.54, 1.807) is 36.1 Å². The van der Waals surface area contributed by atoms with Crippen LogP contribution in [0, 0.1) is 0 Å². The fraction of sp³-hybridized carbons (Fsp3) is 0.273. The van der Waals surface area contributed by atoms with Crippen molar-refractivity contribution < 1.29 is 9.59 Å². The summed E-state index contributed by atoms with van der Waals surface area (Å²) in [5, 5.41) is 10.1. The molecule has 2 aromatic carbocycles. The summed E-state index contributed by atoms with van der Waals surface area (Å²) in [5.74, 6) is -0.683. The zero-order chi connectivity index (χ0) is 22.2. The molecule has 1 heterocycles. The first-order valence-corrected chi connectivity index (χ1v) is 10.3. The molecular formula is C22H25ClN6O2. The van der Waals surface area contributed by atoms with Gasteiger partial charge in [0, 0.05) is 11.6 Å². The zero-order valence-electron chi connectivity index (χ0n) is 17.2. The van der Waals surface area contributed by atoms with Gasteiger partial charge in [0.2, 0.25) is 11.8 Å². The van der Waals surface area contributed by atoms with Crippen molar-refractivity contribution in [1.29, 1.82) is 0 Å². The standard InChI is InChI=1S/C22H25ClN6O2/c1-15(28-22(31)19(24)9-7-16-5-3-2-4-6-16)21(30)26-12-17-11-18(23)8-10-20(17)29-14-25-13-27-29/h2-6,8,10-11,13-15,19H,7,9,12,24H2,1H3,(H,26,30)(H,28,31). The number of halogens is 1. The fourth-order valence-electron chi connectivity index (χ4n) is 3.07. The van der Waals surface area contributed by atoms with Crippen LogP contribution >= 0.6 is 11.6 Å². The van der Waals surface area contributed by atoms with Gasteiger partial charge in [0.25, 0.3) is 0 Å². The Morgan fingerprint density at radius 2 is 1.94 bits per heavy atom. The maximum Gasteiger partial charge on any atom is 0.242 e. The smallest absolute Gasteiger partial charge is 0.242 e. The van der Waals surface area contributed by atoms with Gasteiger partial charge in [-0.1, -0.05) is 41.9 Å². The van der Waals surface area contributed by atoms with E-state index in [-0.39, 0.29) is 18.4 Å². The summed E-state index contributed by atoms with van der Waals surface area (Å²) in [4.78, 5) is 28.8. The summed E-state index contributed by atoms with van der Waals surface area (Å²) >= 11 is 6.10. The van der Waals surface area contributed by atoms with Crippen molar-refractivity contribution >= 4 is 23.4 Å². The molecule has 0 radical (unpaired) electrons. The van der Waals surface area contributed by atoms with E-state index in [1.165, 1.54) is 6.33 Å². The summed E-state index contributed by atoms with van der Waals surface area (Å²) in [6.07, 6.45) is 4.17. The number of nitrogens with zero attached hydrogens (tertiary/aromatic N) is 3. The van der Waals surface area contributed by atoms with E-state index >= 15 is 0 Å². The number of carbonyl (C=O) groups excluding carboxylic acids is 2. The molecule has 162 valence electrons. The molecule has 8 nitrogen and oxygen atoms in total. The maximum atomic E-state index is 12.5.